The van der Waals surface area contributed by atoms with E-state index in [4.69, 9.17) is 14.5 Å². The minimum atomic E-state index is -0.453. The number of amidine groups is 1. The van der Waals surface area contributed by atoms with Crippen molar-refractivity contribution in [1.82, 2.24) is 9.58 Å². The molecule has 39 heavy (non-hydrogen) atoms. The fourth-order valence-electron chi connectivity index (χ4n) is 5.15. The Balaban J connectivity index is 1.43. The van der Waals surface area contributed by atoms with Crippen LogP contribution in [0.5, 0.6) is 5.75 Å². The first-order valence-corrected chi connectivity index (χ1v) is 13.6. The molecular formula is C30H24N4O4S. The molecule has 0 radical (unpaired) electrons. The second-order valence-corrected chi connectivity index (χ2v) is 10.5. The van der Waals surface area contributed by atoms with Crippen LogP contribution in [-0.2, 0) is 11.3 Å². The third-order valence-electron chi connectivity index (χ3n) is 7.00. The number of aromatic nitrogens is 1. The highest BCUT2D eigenvalue weighted by Crippen LogP contribution is 2.41. The molecule has 194 valence electrons. The van der Waals surface area contributed by atoms with Crippen LogP contribution in [0.25, 0.3) is 0 Å². The number of hydrogen-bond acceptors (Lipinski definition) is 7. The lowest BCUT2D eigenvalue weighted by molar-refractivity contribution is -0.0113. The maximum atomic E-state index is 13.9. The molecule has 8 nitrogen and oxygen atoms in total. The van der Waals surface area contributed by atoms with Crippen LogP contribution in [0.4, 0.5) is 5.69 Å². The number of para-hydroxylation sites is 1. The Morgan fingerprint density at radius 2 is 1.69 bits per heavy atom. The largest absolute Gasteiger partial charge is 0.482 e. The Kier molecular flexibility index (Phi) is 5.94. The van der Waals surface area contributed by atoms with Gasteiger partial charge in [0.25, 0.3) is 5.91 Å². The highest BCUT2D eigenvalue weighted by atomic mass is 32.2. The van der Waals surface area contributed by atoms with Crippen LogP contribution in [0.15, 0.2) is 111 Å². The van der Waals surface area contributed by atoms with Crippen LogP contribution in [0.1, 0.15) is 21.6 Å². The summed E-state index contributed by atoms with van der Waals surface area (Å²) >= 11 is 1.66. The number of ether oxygens (including phenoxy) is 2. The molecule has 4 heterocycles. The number of benzene rings is 3. The summed E-state index contributed by atoms with van der Waals surface area (Å²) in [6.45, 7) is 1.27. The van der Waals surface area contributed by atoms with Crippen LogP contribution in [0.3, 0.4) is 0 Å². The van der Waals surface area contributed by atoms with Crippen molar-refractivity contribution in [2.24, 2.45) is 4.99 Å². The van der Waals surface area contributed by atoms with E-state index in [0.717, 1.165) is 26.6 Å². The number of morpholine rings is 1. The minimum Gasteiger partial charge on any atom is -0.482 e. The molecule has 3 aliphatic heterocycles. The molecule has 0 N–H and O–H groups in total. The van der Waals surface area contributed by atoms with E-state index < -0.39 is 6.17 Å². The summed E-state index contributed by atoms with van der Waals surface area (Å²) in [5.41, 5.74) is 2.50. The van der Waals surface area contributed by atoms with Gasteiger partial charge in [0.1, 0.15) is 12.8 Å². The molecule has 0 bridgehead atoms. The fraction of sp³-hybridized carbons (Fsp3) is 0.167. The van der Waals surface area contributed by atoms with E-state index in [1.54, 1.807) is 27.5 Å². The summed E-state index contributed by atoms with van der Waals surface area (Å²) in [6.07, 6.45) is 1.18. The van der Waals surface area contributed by atoms with Crippen LogP contribution in [0, 0.1) is 0 Å². The van der Waals surface area contributed by atoms with Gasteiger partial charge < -0.3 is 14.4 Å². The Labute approximate surface area is 229 Å². The molecule has 3 aromatic carbocycles. The molecule has 0 aliphatic carbocycles. The standard InChI is InChI=1S/C30H24N4O4S/c35-23-14-15-33-27(28(23)38-18-20-8-2-1-3-9-20)30(36)32-16-17-37-19-26(32)34(33)29-21-10-4-6-12-24(21)39-25-13-7-5-11-22(25)31-29/h1-15,26H,16-19H2. The number of rotatable bonds is 3. The van der Waals surface area contributed by atoms with Crippen molar-refractivity contribution in [3.05, 3.63) is 118 Å². The molecule has 1 aromatic heterocycles. The number of nitrogens with zero attached hydrogens (tertiary/aromatic N) is 4. The van der Waals surface area contributed by atoms with Gasteiger partial charge in [0.2, 0.25) is 5.43 Å². The van der Waals surface area contributed by atoms with Gasteiger partial charge in [-0.2, -0.15) is 0 Å². The van der Waals surface area contributed by atoms with Gasteiger partial charge >= 0.3 is 0 Å². The molecule has 0 saturated carbocycles. The Bertz CT molecular complexity index is 1670. The van der Waals surface area contributed by atoms with Crippen LogP contribution < -0.4 is 15.2 Å². The first kappa shape index (κ1) is 23.8. The van der Waals surface area contributed by atoms with Gasteiger partial charge in [0.05, 0.1) is 18.9 Å². The maximum Gasteiger partial charge on any atom is 0.278 e. The predicted octanol–water partition coefficient (Wildman–Crippen LogP) is 4.42. The SMILES string of the molecule is O=C1c2c(OCc3ccccc3)c(=O)ccn2N(C2=Nc3ccccc3Sc3ccccc32)C2COCCN12. The number of pyridine rings is 1. The van der Waals surface area contributed by atoms with Crippen molar-refractivity contribution in [3.63, 3.8) is 0 Å². The third-order valence-corrected chi connectivity index (χ3v) is 8.14. The predicted molar refractivity (Wildman–Crippen MR) is 149 cm³/mol. The molecular weight excluding hydrogens is 512 g/mol. The van der Waals surface area contributed by atoms with Gasteiger partial charge in [-0.05, 0) is 23.8 Å². The number of carbonyl (C=O) groups excluding carboxylic acids is 1. The minimum absolute atomic E-state index is 0.0265. The second-order valence-electron chi connectivity index (χ2n) is 9.38. The molecule has 1 unspecified atom stereocenters. The number of hydrogen-bond donors (Lipinski definition) is 0. The van der Waals surface area contributed by atoms with Crippen molar-refractivity contribution in [3.8, 4) is 5.75 Å². The molecule has 4 aromatic rings. The number of amides is 1. The van der Waals surface area contributed by atoms with Crippen molar-refractivity contribution in [1.29, 1.82) is 0 Å². The van der Waals surface area contributed by atoms with Crippen molar-refractivity contribution in [2.45, 2.75) is 22.6 Å². The monoisotopic (exact) mass is 536 g/mol. The Morgan fingerprint density at radius 3 is 2.56 bits per heavy atom. The summed E-state index contributed by atoms with van der Waals surface area (Å²) in [7, 11) is 0. The van der Waals surface area contributed by atoms with Gasteiger partial charge in [-0.15, -0.1) is 0 Å². The first-order chi connectivity index (χ1) is 19.2. The van der Waals surface area contributed by atoms with Gasteiger partial charge in [-0.3, -0.25) is 9.59 Å². The lowest BCUT2D eigenvalue weighted by Gasteiger charge is -2.48. The quantitative estimate of drug-likeness (QED) is 0.386. The molecule has 0 spiro atoms. The number of aliphatic imine (C=N–C) groups is 1. The average Bonchev–Trinajstić information content (AvgIpc) is 3.14. The molecule has 1 saturated heterocycles. The second kappa shape index (κ2) is 9.76. The zero-order valence-electron chi connectivity index (χ0n) is 20.9. The summed E-state index contributed by atoms with van der Waals surface area (Å²) in [5.74, 6) is 0.422. The highest BCUT2D eigenvalue weighted by Gasteiger charge is 2.44. The summed E-state index contributed by atoms with van der Waals surface area (Å²) in [5, 5.41) is 1.96. The normalized spacial score (nSPS) is 17.8. The van der Waals surface area contributed by atoms with Gasteiger partial charge in [-0.25, -0.2) is 14.7 Å². The van der Waals surface area contributed by atoms with E-state index in [1.807, 2.05) is 71.7 Å². The van der Waals surface area contributed by atoms with Gasteiger partial charge in [-0.1, -0.05) is 72.4 Å². The van der Waals surface area contributed by atoms with Crippen molar-refractivity contribution in [2.75, 3.05) is 24.8 Å². The zero-order valence-corrected chi connectivity index (χ0v) is 21.7. The fourth-order valence-corrected chi connectivity index (χ4v) is 6.17. The number of carbonyl (C=O) groups is 1. The third kappa shape index (κ3) is 4.10. The van der Waals surface area contributed by atoms with E-state index in [0.29, 0.717) is 25.6 Å². The van der Waals surface area contributed by atoms with E-state index in [-0.39, 0.29) is 29.4 Å². The van der Waals surface area contributed by atoms with E-state index in [9.17, 15) is 9.59 Å². The van der Waals surface area contributed by atoms with Crippen molar-refractivity contribution < 1.29 is 14.3 Å². The van der Waals surface area contributed by atoms with Crippen molar-refractivity contribution >= 4 is 29.2 Å². The first-order valence-electron chi connectivity index (χ1n) is 12.7. The highest BCUT2D eigenvalue weighted by molar-refractivity contribution is 7.99. The Hall–Kier alpha value is -4.34. The molecule has 9 heteroatoms. The van der Waals surface area contributed by atoms with E-state index >= 15 is 0 Å². The van der Waals surface area contributed by atoms with Crippen LogP contribution in [0.2, 0.25) is 0 Å². The molecule has 1 fully saturated rings. The zero-order chi connectivity index (χ0) is 26.3. The summed E-state index contributed by atoms with van der Waals surface area (Å²) in [4.78, 5) is 36.1. The van der Waals surface area contributed by atoms with Gasteiger partial charge in [0.15, 0.2) is 17.3 Å². The van der Waals surface area contributed by atoms with Crippen LogP contribution in [-0.4, -0.2) is 47.2 Å². The molecule has 1 amide bonds. The summed E-state index contributed by atoms with van der Waals surface area (Å²) < 4.78 is 13.7. The lowest BCUT2D eigenvalue weighted by Crippen LogP contribution is -2.67. The van der Waals surface area contributed by atoms with E-state index in [1.165, 1.54) is 6.07 Å². The summed E-state index contributed by atoms with van der Waals surface area (Å²) in [6, 6.07) is 27.1. The van der Waals surface area contributed by atoms with Crippen LogP contribution >= 0.6 is 11.8 Å². The van der Waals surface area contributed by atoms with Gasteiger partial charge in [0, 0.05) is 34.2 Å². The molecule has 7 rings (SSSR count). The molecule has 3 aliphatic rings. The number of fused-ring (bicyclic) bond motifs is 4. The topological polar surface area (TPSA) is 76.4 Å². The average molecular weight is 537 g/mol. The smallest absolute Gasteiger partial charge is 0.278 e. The van der Waals surface area contributed by atoms with E-state index in [2.05, 4.69) is 12.1 Å². The molecule has 1 atom stereocenters. The maximum absolute atomic E-state index is 13.9. The lowest BCUT2D eigenvalue weighted by atomic mass is 10.1. The Morgan fingerprint density at radius 1 is 0.923 bits per heavy atom.